The number of hydrogen-bond donors (Lipinski definition) is 2. The molecule has 0 bridgehead atoms. The van der Waals surface area contributed by atoms with Crippen LogP contribution < -0.4 is 19.5 Å². The summed E-state index contributed by atoms with van der Waals surface area (Å²) >= 11 is 0. The maximum absolute atomic E-state index is 5.45. The highest BCUT2D eigenvalue weighted by Crippen LogP contribution is 2.33. The molecule has 0 spiro atoms. The maximum atomic E-state index is 5.45. The van der Waals surface area contributed by atoms with Crippen LogP contribution in [0.5, 0.6) is 17.2 Å². The number of fused-ring (bicyclic) bond motifs is 1. The number of aromatic nitrogens is 4. The van der Waals surface area contributed by atoms with Gasteiger partial charge in [0.25, 0.3) is 0 Å². The van der Waals surface area contributed by atoms with E-state index in [-0.39, 0.29) is 6.79 Å². The van der Waals surface area contributed by atoms with Crippen LogP contribution >= 0.6 is 0 Å². The third kappa shape index (κ3) is 3.50. The highest BCUT2D eigenvalue weighted by Gasteiger charge is 2.15. The fourth-order valence-electron chi connectivity index (χ4n) is 3.26. The van der Waals surface area contributed by atoms with Gasteiger partial charge in [-0.05, 0) is 42.0 Å². The molecule has 2 N–H and O–H groups in total. The molecule has 3 heterocycles. The van der Waals surface area contributed by atoms with Crippen LogP contribution in [0.4, 0.5) is 5.82 Å². The quantitative estimate of drug-likeness (QED) is 0.506. The first-order valence-corrected chi connectivity index (χ1v) is 9.45. The van der Waals surface area contributed by atoms with Crippen LogP contribution in [-0.4, -0.2) is 34.1 Å². The van der Waals surface area contributed by atoms with E-state index in [1.165, 1.54) is 0 Å². The third-order valence-corrected chi connectivity index (χ3v) is 4.79. The molecule has 8 nitrogen and oxygen atoms in total. The number of H-pyrrole nitrogens is 1. The summed E-state index contributed by atoms with van der Waals surface area (Å²) in [6, 6.07) is 17.4. The van der Waals surface area contributed by atoms with E-state index in [0.29, 0.717) is 24.0 Å². The first kappa shape index (κ1) is 18.0. The normalized spacial score (nSPS) is 12.0. The summed E-state index contributed by atoms with van der Waals surface area (Å²) in [5, 5.41) is 12.0. The number of nitrogens with one attached hydrogen (secondary N) is 2. The fraction of sp³-hybridized carbons (Fsp3) is 0.136. The molecule has 1 aliphatic rings. The number of rotatable bonds is 6. The Balaban J connectivity index is 1.38. The van der Waals surface area contributed by atoms with E-state index >= 15 is 0 Å². The number of nitrogens with zero attached hydrogens (tertiary/aromatic N) is 3. The predicted molar refractivity (Wildman–Crippen MR) is 111 cm³/mol. The van der Waals surface area contributed by atoms with Gasteiger partial charge in [0.1, 0.15) is 11.6 Å². The smallest absolute Gasteiger partial charge is 0.231 e. The molecular formula is C22H19N5O3. The Bertz CT molecular complexity index is 1190. The Kier molecular flexibility index (Phi) is 4.65. The van der Waals surface area contributed by atoms with Crippen molar-refractivity contribution in [1.82, 2.24) is 20.2 Å². The van der Waals surface area contributed by atoms with Gasteiger partial charge in [0.2, 0.25) is 6.79 Å². The molecule has 30 heavy (non-hydrogen) atoms. The Morgan fingerprint density at radius 2 is 1.90 bits per heavy atom. The molecule has 150 valence electrons. The summed E-state index contributed by atoms with van der Waals surface area (Å²) in [6.07, 6.45) is 1.74. The van der Waals surface area contributed by atoms with Gasteiger partial charge in [-0.25, -0.2) is 4.98 Å². The van der Waals surface area contributed by atoms with Crippen molar-refractivity contribution in [2.24, 2.45) is 0 Å². The van der Waals surface area contributed by atoms with Crippen molar-refractivity contribution >= 4 is 5.82 Å². The number of ether oxygens (including phenoxy) is 3. The summed E-state index contributed by atoms with van der Waals surface area (Å²) in [4.78, 5) is 7.75. The lowest BCUT2D eigenvalue weighted by molar-refractivity contribution is 0.174. The van der Waals surface area contributed by atoms with Gasteiger partial charge in [0.05, 0.1) is 12.7 Å². The van der Waals surface area contributed by atoms with Crippen LogP contribution in [-0.2, 0) is 6.54 Å². The molecule has 5 rings (SSSR count). The number of hydrogen-bond acceptors (Lipinski definition) is 7. The highest BCUT2D eigenvalue weighted by molar-refractivity contribution is 5.71. The van der Waals surface area contributed by atoms with Crippen molar-refractivity contribution in [1.29, 1.82) is 0 Å². The van der Waals surface area contributed by atoms with E-state index in [1.807, 2.05) is 54.6 Å². The van der Waals surface area contributed by atoms with E-state index in [4.69, 9.17) is 14.2 Å². The summed E-state index contributed by atoms with van der Waals surface area (Å²) in [7, 11) is 1.64. The first-order chi connectivity index (χ1) is 14.8. The lowest BCUT2D eigenvalue weighted by Crippen LogP contribution is -2.03. The standard InChI is InChI=1S/C22H19N5O3/c1-28-16-5-2-4-15(11-16)20-25-22(27-26-20)17-6-3-9-23-21(17)24-12-14-7-8-18-19(10-14)30-13-29-18/h2-11H,12-13H2,1H3,(H,23,24)(H,25,26,27). The minimum atomic E-state index is 0.262. The van der Waals surface area contributed by atoms with E-state index in [9.17, 15) is 0 Å². The summed E-state index contributed by atoms with van der Waals surface area (Å²) in [5.41, 5.74) is 2.79. The highest BCUT2D eigenvalue weighted by atomic mass is 16.7. The van der Waals surface area contributed by atoms with Crippen molar-refractivity contribution in [3.05, 3.63) is 66.4 Å². The van der Waals surface area contributed by atoms with Gasteiger partial charge in [0.15, 0.2) is 23.1 Å². The minimum Gasteiger partial charge on any atom is -0.497 e. The zero-order valence-corrected chi connectivity index (χ0v) is 16.3. The molecule has 0 saturated carbocycles. The topological polar surface area (TPSA) is 94.2 Å². The molecule has 4 aromatic rings. The van der Waals surface area contributed by atoms with Crippen LogP contribution in [0.15, 0.2) is 60.8 Å². The fourth-order valence-corrected chi connectivity index (χ4v) is 3.26. The maximum Gasteiger partial charge on any atom is 0.231 e. The van der Waals surface area contributed by atoms with Gasteiger partial charge in [-0.15, -0.1) is 10.2 Å². The Morgan fingerprint density at radius 1 is 1.00 bits per heavy atom. The zero-order valence-electron chi connectivity index (χ0n) is 16.3. The van der Waals surface area contributed by atoms with Gasteiger partial charge in [-0.3, -0.25) is 0 Å². The molecule has 0 amide bonds. The zero-order chi connectivity index (χ0) is 20.3. The van der Waals surface area contributed by atoms with Crippen LogP contribution in [0, 0.1) is 0 Å². The Labute approximate surface area is 172 Å². The summed E-state index contributed by atoms with van der Waals surface area (Å²) in [6.45, 7) is 0.843. The average molecular weight is 401 g/mol. The molecule has 2 aromatic heterocycles. The molecule has 0 radical (unpaired) electrons. The van der Waals surface area contributed by atoms with Gasteiger partial charge in [-0.2, -0.15) is 0 Å². The van der Waals surface area contributed by atoms with Gasteiger partial charge in [0, 0.05) is 18.3 Å². The van der Waals surface area contributed by atoms with Gasteiger partial charge in [-0.1, -0.05) is 18.2 Å². The van der Waals surface area contributed by atoms with Gasteiger partial charge < -0.3 is 24.5 Å². The second-order valence-electron chi connectivity index (χ2n) is 6.69. The van der Waals surface area contributed by atoms with E-state index in [1.54, 1.807) is 13.3 Å². The SMILES string of the molecule is COc1cccc(-c2nnc(-c3cccnc3NCc3ccc4c(c3)OCO4)[nH]2)c1. The Hall–Kier alpha value is -4.07. The number of benzene rings is 2. The molecule has 0 fully saturated rings. The number of methoxy groups -OCH3 is 1. The molecular weight excluding hydrogens is 382 g/mol. The Morgan fingerprint density at radius 3 is 2.83 bits per heavy atom. The molecule has 2 aromatic carbocycles. The number of anilines is 1. The molecule has 0 aliphatic carbocycles. The number of aromatic amines is 1. The van der Waals surface area contributed by atoms with Crippen LogP contribution in [0.1, 0.15) is 5.56 Å². The second kappa shape index (κ2) is 7.75. The summed E-state index contributed by atoms with van der Waals surface area (Å²) < 4.78 is 16.1. The molecule has 0 saturated heterocycles. The summed E-state index contributed by atoms with van der Waals surface area (Å²) in [5.74, 6) is 4.29. The predicted octanol–water partition coefficient (Wildman–Crippen LogP) is 3.88. The second-order valence-corrected chi connectivity index (χ2v) is 6.69. The molecule has 1 aliphatic heterocycles. The lowest BCUT2D eigenvalue weighted by Gasteiger charge is -2.09. The molecule has 0 atom stereocenters. The van der Waals surface area contributed by atoms with Crippen molar-refractivity contribution in [2.75, 3.05) is 19.2 Å². The van der Waals surface area contributed by atoms with E-state index in [2.05, 4.69) is 25.5 Å². The average Bonchev–Trinajstić information content (AvgIpc) is 3.47. The lowest BCUT2D eigenvalue weighted by atomic mass is 10.2. The number of pyridine rings is 1. The monoisotopic (exact) mass is 401 g/mol. The molecule has 8 heteroatoms. The minimum absolute atomic E-state index is 0.262. The van der Waals surface area contributed by atoms with Crippen molar-refractivity contribution < 1.29 is 14.2 Å². The van der Waals surface area contributed by atoms with Crippen LogP contribution in [0.2, 0.25) is 0 Å². The van der Waals surface area contributed by atoms with E-state index < -0.39 is 0 Å². The van der Waals surface area contributed by atoms with Crippen molar-refractivity contribution in [2.45, 2.75) is 6.54 Å². The third-order valence-electron chi connectivity index (χ3n) is 4.79. The first-order valence-electron chi connectivity index (χ1n) is 9.45. The van der Waals surface area contributed by atoms with Crippen molar-refractivity contribution in [3.63, 3.8) is 0 Å². The van der Waals surface area contributed by atoms with Gasteiger partial charge >= 0.3 is 0 Å². The van der Waals surface area contributed by atoms with Crippen LogP contribution in [0.25, 0.3) is 22.8 Å². The van der Waals surface area contributed by atoms with E-state index in [0.717, 1.165) is 33.9 Å². The van der Waals surface area contributed by atoms with Crippen LogP contribution in [0.3, 0.4) is 0 Å². The largest absolute Gasteiger partial charge is 0.497 e. The van der Waals surface area contributed by atoms with Crippen molar-refractivity contribution in [3.8, 4) is 40.0 Å². The molecule has 0 unspecified atom stereocenters.